The van der Waals surface area contributed by atoms with E-state index in [0.717, 1.165) is 17.3 Å². The van der Waals surface area contributed by atoms with Crippen LogP contribution in [0.25, 0.3) is 0 Å². The predicted molar refractivity (Wildman–Crippen MR) is 67.3 cm³/mol. The highest BCUT2D eigenvalue weighted by molar-refractivity contribution is 5.55. The molecule has 0 saturated heterocycles. The first-order valence-electron chi connectivity index (χ1n) is 5.57. The minimum absolute atomic E-state index is 0.0536. The first-order chi connectivity index (χ1) is 7.98. The summed E-state index contributed by atoms with van der Waals surface area (Å²) in [5, 5.41) is 11.3. The largest absolute Gasteiger partial charge is 0.323 e. The van der Waals surface area contributed by atoms with Crippen molar-refractivity contribution in [2.75, 3.05) is 5.32 Å². The van der Waals surface area contributed by atoms with E-state index in [1.165, 1.54) is 0 Å². The summed E-state index contributed by atoms with van der Waals surface area (Å²) in [6, 6.07) is 3.87. The molecule has 0 spiro atoms. The molecule has 0 aliphatic carbocycles. The summed E-state index contributed by atoms with van der Waals surface area (Å²) in [6.07, 6.45) is 3.50. The van der Waals surface area contributed by atoms with E-state index in [9.17, 15) is 0 Å². The smallest absolute Gasteiger partial charge is 0.229 e. The van der Waals surface area contributed by atoms with Crippen LogP contribution in [0.1, 0.15) is 26.5 Å². The Morgan fingerprint density at radius 1 is 1.29 bits per heavy atom. The normalized spacial score (nSPS) is 11.5. The Hall–Kier alpha value is -1.91. The Morgan fingerprint density at radius 3 is 2.71 bits per heavy atom. The number of nitrogens with one attached hydrogen (secondary N) is 1. The topological polar surface area (TPSA) is 55.6 Å². The molecule has 17 heavy (non-hydrogen) atoms. The van der Waals surface area contributed by atoms with E-state index < -0.39 is 0 Å². The van der Waals surface area contributed by atoms with Crippen molar-refractivity contribution in [1.82, 2.24) is 19.7 Å². The molecule has 0 aliphatic heterocycles. The Kier molecular flexibility index (Phi) is 2.83. The minimum Gasteiger partial charge on any atom is -0.323 e. The predicted octanol–water partition coefficient (Wildman–Crippen LogP) is 2.48. The summed E-state index contributed by atoms with van der Waals surface area (Å²) in [5.74, 6) is 0.730. The van der Waals surface area contributed by atoms with Gasteiger partial charge in [0.05, 0.1) is 11.4 Å². The zero-order valence-electron chi connectivity index (χ0n) is 10.6. The van der Waals surface area contributed by atoms with Gasteiger partial charge in [0.1, 0.15) is 6.33 Å². The Labute approximate surface area is 101 Å². The lowest BCUT2D eigenvalue weighted by molar-refractivity contribution is 0.401. The second kappa shape index (κ2) is 4.16. The lowest BCUT2D eigenvalue weighted by Gasteiger charge is -2.22. The highest BCUT2D eigenvalue weighted by atomic mass is 15.3. The molecular formula is C12H17N5. The second-order valence-electron chi connectivity index (χ2n) is 4.96. The molecule has 0 amide bonds. The third-order valence-electron chi connectivity index (χ3n) is 2.52. The Bertz CT molecular complexity index is 510. The number of aromatic nitrogens is 4. The average molecular weight is 231 g/mol. The number of hydrogen-bond donors (Lipinski definition) is 1. The fourth-order valence-corrected chi connectivity index (χ4v) is 1.55. The Morgan fingerprint density at radius 2 is 2.06 bits per heavy atom. The molecule has 2 aromatic rings. The summed E-state index contributed by atoms with van der Waals surface area (Å²) in [5.41, 5.74) is 1.84. The molecule has 0 radical (unpaired) electrons. The summed E-state index contributed by atoms with van der Waals surface area (Å²) < 4.78 is 2.00. The van der Waals surface area contributed by atoms with Crippen LogP contribution in [0.3, 0.4) is 0 Å². The van der Waals surface area contributed by atoms with Gasteiger partial charge in [0, 0.05) is 11.7 Å². The number of rotatable bonds is 2. The van der Waals surface area contributed by atoms with Crippen LogP contribution in [0, 0.1) is 6.92 Å². The van der Waals surface area contributed by atoms with Crippen molar-refractivity contribution < 1.29 is 0 Å². The van der Waals surface area contributed by atoms with Gasteiger partial charge in [-0.1, -0.05) is 0 Å². The van der Waals surface area contributed by atoms with Gasteiger partial charge < -0.3 is 5.32 Å². The van der Waals surface area contributed by atoms with Crippen LogP contribution < -0.4 is 5.32 Å². The van der Waals surface area contributed by atoms with Gasteiger partial charge in [0.2, 0.25) is 5.95 Å². The van der Waals surface area contributed by atoms with Crippen molar-refractivity contribution in [1.29, 1.82) is 0 Å². The van der Waals surface area contributed by atoms with Gasteiger partial charge in [-0.25, -0.2) is 0 Å². The number of hydrogen-bond acceptors (Lipinski definition) is 4. The molecule has 0 fully saturated rings. The molecule has 2 heterocycles. The van der Waals surface area contributed by atoms with E-state index in [1.807, 2.05) is 23.6 Å². The van der Waals surface area contributed by atoms with Crippen molar-refractivity contribution in [3.63, 3.8) is 0 Å². The molecule has 0 aliphatic rings. The van der Waals surface area contributed by atoms with Gasteiger partial charge in [0.15, 0.2) is 0 Å². The zero-order chi connectivity index (χ0) is 12.5. The van der Waals surface area contributed by atoms with E-state index in [4.69, 9.17) is 0 Å². The van der Waals surface area contributed by atoms with E-state index in [-0.39, 0.29) is 5.54 Å². The van der Waals surface area contributed by atoms with Gasteiger partial charge in [-0.2, -0.15) is 0 Å². The molecule has 5 nitrogen and oxygen atoms in total. The molecule has 2 aromatic heterocycles. The van der Waals surface area contributed by atoms with Gasteiger partial charge in [-0.3, -0.25) is 9.55 Å². The summed E-state index contributed by atoms with van der Waals surface area (Å²) >= 11 is 0. The molecule has 0 aromatic carbocycles. The van der Waals surface area contributed by atoms with Crippen molar-refractivity contribution in [3.05, 3.63) is 30.4 Å². The fourth-order valence-electron chi connectivity index (χ4n) is 1.55. The van der Waals surface area contributed by atoms with Gasteiger partial charge in [0.25, 0.3) is 0 Å². The third-order valence-corrected chi connectivity index (χ3v) is 2.52. The van der Waals surface area contributed by atoms with Crippen molar-refractivity contribution in [3.8, 4) is 0 Å². The third kappa shape index (κ3) is 2.43. The monoisotopic (exact) mass is 231 g/mol. The lowest BCUT2D eigenvalue weighted by atomic mass is 10.1. The molecule has 0 saturated carbocycles. The molecule has 0 atom stereocenters. The Balaban J connectivity index is 2.32. The highest BCUT2D eigenvalue weighted by Gasteiger charge is 2.17. The maximum absolute atomic E-state index is 4.23. The van der Waals surface area contributed by atoms with Crippen LogP contribution in [0.15, 0.2) is 24.7 Å². The van der Waals surface area contributed by atoms with Crippen molar-refractivity contribution in [2.24, 2.45) is 0 Å². The molecule has 90 valence electrons. The quantitative estimate of drug-likeness (QED) is 0.862. The zero-order valence-corrected chi connectivity index (χ0v) is 10.6. The van der Waals surface area contributed by atoms with Crippen LogP contribution >= 0.6 is 0 Å². The fraction of sp³-hybridized carbons (Fsp3) is 0.417. The van der Waals surface area contributed by atoms with Crippen LogP contribution in [0.5, 0.6) is 0 Å². The average Bonchev–Trinajstić information content (AvgIpc) is 2.69. The number of nitrogens with zero attached hydrogens (tertiary/aromatic N) is 4. The number of pyridine rings is 1. The van der Waals surface area contributed by atoms with Gasteiger partial charge in [-0.15, -0.1) is 10.2 Å². The summed E-state index contributed by atoms with van der Waals surface area (Å²) in [6.45, 7) is 8.28. The van der Waals surface area contributed by atoms with Crippen LogP contribution in [-0.2, 0) is 5.54 Å². The van der Waals surface area contributed by atoms with Crippen LogP contribution in [-0.4, -0.2) is 19.7 Å². The summed E-state index contributed by atoms with van der Waals surface area (Å²) in [4.78, 5) is 4.23. The van der Waals surface area contributed by atoms with E-state index in [0.29, 0.717) is 0 Å². The SMILES string of the molecule is Cc1ncccc1Nc1nncn1C(C)(C)C. The maximum atomic E-state index is 4.23. The molecular weight excluding hydrogens is 214 g/mol. The van der Waals surface area contributed by atoms with E-state index >= 15 is 0 Å². The molecule has 0 unspecified atom stereocenters. The van der Waals surface area contributed by atoms with Gasteiger partial charge in [-0.05, 0) is 39.8 Å². The van der Waals surface area contributed by atoms with Crippen molar-refractivity contribution >= 4 is 11.6 Å². The second-order valence-corrected chi connectivity index (χ2v) is 4.96. The first kappa shape index (κ1) is 11.6. The van der Waals surface area contributed by atoms with Crippen molar-refractivity contribution in [2.45, 2.75) is 33.2 Å². The van der Waals surface area contributed by atoms with Crippen LogP contribution in [0.2, 0.25) is 0 Å². The maximum Gasteiger partial charge on any atom is 0.229 e. The molecule has 5 heteroatoms. The van der Waals surface area contributed by atoms with E-state index in [2.05, 4.69) is 41.3 Å². The molecule has 0 bridgehead atoms. The molecule has 1 N–H and O–H groups in total. The highest BCUT2D eigenvalue weighted by Crippen LogP contribution is 2.22. The lowest BCUT2D eigenvalue weighted by Crippen LogP contribution is -2.22. The molecule has 2 rings (SSSR count). The number of anilines is 2. The first-order valence-corrected chi connectivity index (χ1v) is 5.57. The standard InChI is InChI=1S/C12H17N5/c1-9-10(6-5-7-13-9)15-11-16-14-8-17(11)12(2,3)4/h5-8H,1-4H3,(H,15,16). The minimum atomic E-state index is -0.0536. The summed E-state index contributed by atoms with van der Waals surface area (Å²) in [7, 11) is 0. The number of aryl methyl sites for hydroxylation is 1. The van der Waals surface area contributed by atoms with Crippen LogP contribution in [0.4, 0.5) is 11.6 Å². The van der Waals surface area contributed by atoms with Gasteiger partial charge >= 0.3 is 0 Å². The van der Waals surface area contributed by atoms with E-state index in [1.54, 1.807) is 12.5 Å².